The average Bonchev–Trinajstić information content (AvgIpc) is 3.30. The van der Waals surface area contributed by atoms with Gasteiger partial charge in [-0.25, -0.2) is 0 Å². The molecule has 4 rings (SSSR count). The van der Waals surface area contributed by atoms with Gasteiger partial charge in [0, 0.05) is 17.0 Å². The predicted molar refractivity (Wildman–Crippen MR) is 112 cm³/mol. The van der Waals surface area contributed by atoms with Gasteiger partial charge >= 0.3 is 6.18 Å². The molecule has 1 aliphatic heterocycles. The standard InChI is InChI=1S/C23H20F3NO3S/c1-29-18-12-15-9-10-27(22(28)14-5-7-16(8-6-14)23(24,25)26)21(20-4-3-11-31-20)17(15)13-19(18)30-2/h3-8,11-13,21H,9-10H2,1-2H3/t21-/m1/s1. The smallest absolute Gasteiger partial charge is 0.416 e. The van der Waals surface area contributed by atoms with Gasteiger partial charge in [0.25, 0.3) is 5.91 Å². The molecule has 1 aliphatic rings. The Labute approximate surface area is 181 Å². The van der Waals surface area contributed by atoms with Crippen molar-refractivity contribution in [3.05, 3.63) is 81.0 Å². The van der Waals surface area contributed by atoms with Crippen LogP contribution in [0.3, 0.4) is 0 Å². The summed E-state index contributed by atoms with van der Waals surface area (Å²) in [6, 6.07) is 11.7. The Morgan fingerprint density at radius 2 is 1.74 bits per heavy atom. The summed E-state index contributed by atoms with van der Waals surface area (Å²) in [7, 11) is 3.13. The molecule has 0 bridgehead atoms. The number of benzene rings is 2. The number of nitrogens with zero attached hydrogens (tertiary/aromatic N) is 1. The van der Waals surface area contributed by atoms with E-state index in [1.807, 2.05) is 29.6 Å². The van der Waals surface area contributed by atoms with E-state index >= 15 is 0 Å². The molecule has 4 nitrogen and oxygen atoms in total. The van der Waals surface area contributed by atoms with Crippen LogP contribution in [0.15, 0.2) is 53.9 Å². The molecule has 1 atom stereocenters. The fourth-order valence-corrected chi connectivity index (χ4v) is 4.74. The van der Waals surface area contributed by atoms with Gasteiger partial charge < -0.3 is 14.4 Å². The third-order valence-corrected chi connectivity index (χ3v) is 6.33. The molecule has 0 spiro atoms. The van der Waals surface area contributed by atoms with E-state index in [1.54, 1.807) is 19.1 Å². The van der Waals surface area contributed by atoms with E-state index in [1.165, 1.54) is 23.5 Å². The number of carbonyl (C=O) groups excluding carboxylic acids is 1. The monoisotopic (exact) mass is 447 g/mol. The molecular weight excluding hydrogens is 427 g/mol. The van der Waals surface area contributed by atoms with Crippen molar-refractivity contribution in [2.45, 2.75) is 18.6 Å². The van der Waals surface area contributed by atoms with E-state index in [0.29, 0.717) is 24.5 Å². The fourth-order valence-electron chi connectivity index (χ4n) is 3.89. The van der Waals surface area contributed by atoms with Crippen LogP contribution >= 0.6 is 11.3 Å². The normalized spacial score (nSPS) is 16.0. The van der Waals surface area contributed by atoms with Crippen molar-refractivity contribution in [3.8, 4) is 11.5 Å². The Hall–Kier alpha value is -3.00. The van der Waals surface area contributed by atoms with Gasteiger partial charge in [-0.2, -0.15) is 13.2 Å². The largest absolute Gasteiger partial charge is 0.493 e. The maximum atomic E-state index is 13.3. The highest BCUT2D eigenvalue weighted by Crippen LogP contribution is 2.42. The summed E-state index contributed by atoms with van der Waals surface area (Å²) in [6.07, 6.45) is -3.84. The lowest BCUT2D eigenvalue weighted by Gasteiger charge is -2.37. The van der Waals surface area contributed by atoms with Gasteiger partial charge in [-0.3, -0.25) is 4.79 Å². The van der Waals surface area contributed by atoms with Crippen molar-refractivity contribution >= 4 is 17.2 Å². The number of alkyl halides is 3. The van der Waals surface area contributed by atoms with Crippen molar-refractivity contribution in [1.29, 1.82) is 0 Å². The molecule has 0 radical (unpaired) electrons. The number of ether oxygens (including phenoxy) is 2. The Morgan fingerprint density at radius 1 is 1.06 bits per heavy atom. The molecule has 8 heteroatoms. The first-order valence-corrected chi connectivity index (χ1v) is 10.5. The third kappa shape index (κ3) is 3.99. The lowest BCUT2D eigenvalue weighted by Crippen LogP contribution is -2.40. The van der Waals surface area contributed by atoms with E-state index in [2.05, 4.69) is 0 Å². The first-order chi connectivity index (χ1) is 14.8. The molecule has 162 valence electrons. The topological polar surface area (TPSA) is 38.8 Å². The van der Waals surface area contributed by atoms with Crippen LogP contribution in [-0.4, -0.2) is 31.6 Å². The first-order valence-electron chi connectivity index (χ1n) is 9.60. The first kappa shape index (κ1) is 21.2. The molecule has 31 heavy (non-hydrogen) atoms. The molecule has 3 aromatic rings. The Morgan fingerprint density at radius 3 is 2.32 bits per heavy atom. The zero-order chi connectivity index (χ0) is 22.2. The number of halogens is 3. The van der Waals surface area contributed by atoms with Gasteiger partial charge in [0.15, 0.2) is 11.5 Å². The van der Waals surface area contributed by atoms with Crippen LogP contribution in [0.2, 0.25) is 0 Å². The van der Waals surface area contributed by atoms with Crippen LogP contribution in [0.4, 0.5) is 13.2 Å². The summed E-state index contributed by atoms with van der Waals surface area (Å²) in [4.78, 5) is 16.0. The van der Waals surface area contributed by atoms with Gasteiger partial charge in [0.05, 0.1) is 25.8 Å². The summed E-state index contributed by atoms with van der Waals surface area (Å²) in [5.74, 6) is 0.868. The second-order valence-electron chi connectivity index (χ2n) is 7.15. The van der Waals surface area contributed by atoms with Gasteiger partial charge in [0.1, 0.15) is 0 Å². The fraction of sp³-hybridized carbons (Fsp3) is 0.261. The minimum atomic E-state index is -4.44. The van der Waals surface area contributed by atoms with Crippen molar-refractivity contribution in [2.75, 3.05) is 20.8 Å². The van der Waals surface area contributed by atoms with Gasteiger partial charge in [-0.1, -0.05) is 6.07 Å². The number of rotatable bonds is 4. The summed E-state index contributed by atoms with van der Waals surface area (Å²) in [6.45, 7) is 0.435. The van der Waals surface area contributed by atoms with Crippen LogP contribution in [0, 0.1) is 0 Å². The van der Waals surface area contributed by atoms with Gasteiger partial charge in [-0.05, 0) is 65.4 Å². The lowest BCUT2D eigenvalue weighted by molar-refractivity contribution is -0.137. The van der Waals surface area contributed by atoms with E-state index < -0.39 is 11.7 Å². The van der Waals surface area contributed by atoms with Crippen LogP contribution < -0.4 is 9.47 Å². The number of thiophene rings is 1. The molecule has 0 unspecified atom stereocenters. The molecule has 0 saturated heterocycles. The molecule has 0 fully saturated rings. The lowest BCUT2D eigenvalue weighted by atomic mass is 9.90. The van der Waals surface area contributed by atoms with E-state index in [4.69, 9.17) is 9.47 Å². The van der Waals surface area contributed by atoms with E-state index in [9.17, 15) is 18.0 Å². The highest BCUT2D eigenvalue weighted by molar-refractivity contribution is 7.10. The second-order valence-corrected chi connectivity index (χ2v) is 8.13. The van der Waals surface area contributed by atoms with Crippen LogP contribution in [-0.2, 0) is 12.6 Å². The molecule has 2 heterocycles. The molecule has 0 saturated carbocycles. The van der Waals surface area contributed by atoms with Crippen molar-refractivity contribution in [2.24, 2.45) is 0 Å². The van der Waals surface area contributed by atoms with Crippen molar-refractivity contribution in [3.63, 3.8) is 0 Å². The van der Waals surface area contributed by atoms with Crippen LogP contribution in [0.5, 0.6) is 11.5 Å². The number of hydrogen-bond acceptors (Lipinski definition) is 4. The zero-order valence-corrected chi connectivity index (χ0v) is 17.7. The summed E-state index contributed by atoms with van der Waals surface area (Å²) in [5.41, 5.74) is 1.41. The maximum Gasteiger partial charge on any atom is 0.416 e. The summed E-state index contributed by atoms with van der Waals surface area (Å²) >= 11 is 1.52. The number of fused-ring (bicyclic) bond motifs is 1. The number of hydrogen-bond donors (Lipinski definition) is 0. The molecule has 1 aromatic heterocycles. The third-order valence-electron chi connectivity index (χ3n) is 5.41. The second kappa shape index (κ2) is 8.26. The van der Waals surface area contributed by atoms with Gasteiger partial charge in [-0.15, -0.1) is 11.3 Å². The number of carbonyl (C=O) groups is 1. The predicted octanol–water partition coefficient (Wildman–Crippen LogP) is 5.57. The maximum absolute atomic E-state index is 13.3. The molecule has 0 aliphatic carbocycles. The van der Waals surface area contributed by atoms with Crippen molar-refractivity contribution in [1.82, 2.24) is 4.90 Å². The minimum absolute atomic E-state index is 0.221. The Kier molecular flexibility index (Phi) is 5.66. The van der Waals surface area contributed by atoms with E-state index in [-0.39, 0.29) is 17.5 Å². The molecule has 2 aromatic carbocycles. The SMILES string of the molecule is COc1cc2c(cc1OC)[C@H](c1cccs1)N(C(=O)c1ccc(C(F)(F)F)cc1)CC2. The highest BCUT2D eigenvalue weighted by Gasteiger charge is 2.35. The molecule has 1 amide bonds. The van der Waals surface area contributed by atoms with E-state index in [0.717, 1.165) is 28.1 Å². The highest BCUT2D eigenvalue weighted by atomic mass is 32.1. The average molecular weight is 447 g/mol. The van der Waals surface area contributed by atoms with Crippen LogP contribution in [0.25, 0.3) is 0 Å². The quantitative estimate of drug-likeness (QED) is 0.525. The minimum Gasteiger partial charge on any atom is -0.493 e. The number of methoxy groups -OCH3 is 2. The molecular formula is C23H20F3NO3S. The summed E-state index contributed by atoms with van der Waals surface area (Å²) < 4.78 is 49.6. The Balaban J connectivity index is 1.75. The van der Waals surface area contributed by atoms with Crippen LogP contribution in [0.1, 0.15) is 38.0 Å². The van der Waals surface area contributed by atoms with Crippen molar-refractivity contribution < 1.29 is 27.4 Å². The molecule has 0 N–H and O–H groups in total. The summed E-state index contributed by atoms with van der Waals surface area (Å²) in [5, 5.41) is 1.94. The Bertz CT molecular complexity index is 1080. The number of amides is 1. The van der Waals surface area contributed by atoms with Gasteiger partial charge in [0.2, 0.25) is 0 Å². The zero-order valence-electron chi connectivity index (χ0n) is 16.9.